The van der Waals surface area contributed by atoms with Crippen LogP contribution in [0.5, 0.6) is 0 Å². The summed E-state index contributed by atoms with van der Waals surface area (Å²) in [6.07, 6.45) is 2.90. The van der Waals surface area contributed by atoms with E-state index in [-0.39, 0.29) is 12.0 Å². The van der Waals surface area contributed by atoms with Gasteiger partial charge >= 0.3 is 5.97 Å². The third-order valence-electron chi connectivity index (χ3n) is 2.91. The van der Waals surface area contributed by atoms with E-state index in [1.165, 1.54) is 0 Å². The normalized spacial score (nSPS) is 29.4. The number of aliphatic carboxylic acids is 1. The number of likely N-dealkylation sites (tertiary alicyclic amines) is 1. The fraction of sp³-hybridized carbons (Fsp3) is 0.900. The molecule has 0 bridgehead atoms. The third kappa shape index (κ3) is 2.21. The number of hydrogen-bond donors (Lipinski definition) is 1. The molecule has 2 atom stereocenters. The molecule has 0 aliphatic carbocycles. The molecule has 0 aromatic rings. The lowest BCUT2D eigenvalue weighted by Gasteiger charge is -2.24. The second-order valence-electron chi connectivity index (χ2n) is 3.74. The van der Waals surface area contributed by atoms with Crippen molar-refractivity contribution in [2.24, 2.45) is 5.92 Å². The molecule has 0 spiro atoms. The molecule has 1 aliphatic rings. The Hall–Kier alpha value is -0.570. The quantitative estimate of drug-likeness (QED) is 0.723. The van der Waals surface area contributed by atoms with Gasteiger partial charge in [0.25, 0.3) is 0 Å². The predicted octanol–water partition coefficient (Wildman–Crippen LogP) is 1.58. The molecule has 1 aliphatic heterocycles. The van der Waals surface area contributed by atoms with E-state index in [0.29, 0.717) is 0 Å². The highest BCUT2D eigenvalue weighted by Gasteiger charge is 2.36. The molecule has 0 aromatic heterocycles. The number of carboxylic acid groups (broad SMARTS) is 1. The predicted molar refractivity (Wildman–Crippen MR) is 51.7 cm³/mol. The Balaban J connectivity index is 2.57. The van der Waals surface area contributed by atoms with Crippen LogP contribution in [-0.4, -0.2) is 35.1 Å². The molecule has 1 fully saturated rings. The van der Waals surface area contributed by atoms with Crippen LogP contribution in [0, 0.1) is 5.92 Å². The van der Waals surface area contributed by atoms with Crippen LogP contribution in [-0.2, 0) is 4.79 Å². The maximum Gasteiger partial charge on any atom is 0.308 e. The average molecular weight is 185 g/mol. The van der Waals surface area contributed by atoms with Gasteiger partial charge in [-0.3, -0.25) is 9.69 Å². The number of nitrogens with zero attached hydrogens (tertiary/aromatic N) is 1. The molecule has 1 N–H and O–H groups in total. The number of carbonyl (C=O) groups is 1. The SMILES string of the molecule is CCCN1CCC(C(=O)O)C1CC. The van der Waals surface area contributed by atoms with Crippen molar-refractivity contribution in [2.75, 3.05) is 13.1 Å². The van der Waals surface area contributed by atoms with Crippen LogP contribution in [0.1, 0.15) is 33.1 Å². The fourth-order valence-electron chi connectivity index (χ4n) is 2.31. The van der Waals surface area contributed by atoms with Gasteiger partial charge in [-0.25, -0.2) is 0 Å². The van der Waals surface area contributed by atoms with Crippen LogP contribution >= 0.6 is 0 Å². The summed E-state index contributed by atoms with van der Waals surface area (Å²) in [6, 6.07) is 0.275. The molecule has 0 radical (unpaired) electrons. The molecular formula is C10H19NO2. The molecule has 1 heterocycles. The van der Waals surface area contributed by atoms with Gasteiger partial charge < -0.3 is 5.11 Å². The molecule has 0 amide bonds. The second kappa shape index (κ2) is 4.61. The van der Waals surface area contributed by atoms with Crippen LogP contribution in [0.3, 0.4) is 0 Å². The fourth-order valence-corrected chi connectivity index (χ4v) is 2.31. The summed E-state index contributed by atoms with van der Waals surface area (Å²) < 4.78 is 0. The van der Waals surface area contributed by atoms with Crippen molar-refractivity contribution < 1.29 is 9.90 Å². The zero-order valence-corrected chi connectivity index (χ0v) is 8.49. The van der Waals surface area contributed by atoms with E-state index in [2.05, 4.69) is 18.7 Å². The average Bonchev–Trinajstić information content (AvgIpc) is 2.48. The summed E-state index contributed by atoms with van der Waals surface area (Å²) in [5.41, 5.74) is 0. The monoisotopic (exact) mass is 185 g/mol. The highest BCUT2D eigenvalue weighted by Crippen LogP contribution is 2.26. The van der Waals surface area contributed by atoms with Crippen molar-refractivity contribution in [3.63, 3.8) is 0 Å². The molecule has 2 unspecified atom stereocenters. The van der Waals surface area contributed by atoms with Gasteiger partial charge in [0.15, 0.2) is 0 Å². The summed E-state index contributed by atoms with van der Waals surface area (Å²) in [7, 11) is 0. The van der Waals surface area contributed by atoms with Crippen molar-refractivity contribution in [2.45, 2.75) is 39.2 Å². The maximum absolute atomic E-state index is 10.9. The first-order valence-corrected chi connectivity index (χ1v) is 5.17. The summed E-state index contributed by atoms with van der Waals surface area (Å²) in [4.78, 5) is 13.2. The van der Waals surface area contributed by atoms with Crippen LogP contribution in [0.2, 0.25) is 0 Å². The van der Waals surface area contributed by atoms with Gasteiger partial charge in [0, 0.05) is 6.04 Å². The van der Waals surface area contributed by atoms with Crippen LogP contribution in [0.15, 0.2) is 0 Å². The van der Waals surface area contributed by atoms with Crippen molar-refractivity contribution in [1.29, 1.82) is 0 Å². The lowest BCUT2D eigenvalue weighted by Crippen LogP contribution is -2.35. The molecule has 1 rings (SSSR count). The minimum Gasteiger partial charge on any atom is -0.481 e. The van der Waals surface area contributed by atoms with E-state index in [1.54, 1.807) is 0 Å². The first-order chi connectivity index (χ1) is 6.20. The van der Waals surface area contributed by atoms with Crippen molar-refractivity contribution in [1.82, 2.24) is 4.90 Å². The smallest absolute Gasteiger partial charge is 0.308 e. The van der Waals surface area contributed by atoms with E-state index in [9.17, 15) is 4.79 Å². The first kappa shape index (κ1) is 10.5. The van der Waals surface area contributed by atoms with Gasteiger partial charge in [0.2, 0.25) is 0 Å². The second-order valence-corrected chi connectivity index (χ2v) is 3.74. The molecule has 1 saturated heterocycles. The van der Waals surface area contributed by atoms with Crippen LogP contribution in [0.25, 0.3) is 0 Å². The highest BCUT2D eigenvalue weighted by atomic mass is 16.4. The van der Waals surface area contributed by atoms with Crippen molar-refractivity contribution in [3.8, 4) is 0 Å². The maximum atomic E-state index is 10.9. The van der Waals surface area contributed by atoms with E-state index in [1.807, 2.05) is 0 Å². The Morgan fingerprint density at radius 3 is 2.69 bits per heavy atom. The van der Waals surface area contributed by atoms with Crippen LogP contribution in [0.4, 0.5) is 0 Å². The highest BCUT2D eigenvalue weighted by molar-refractivity contribution is 5.71. The minimum absolute atomic E-state index is 0.128. The summed E-state index contributed by atoms with van der Waals surface area (Å²) in [5, 5.41) is 8.97. The molecule has 3 heteroatoms. The molecular weight excluding hydrogens is 166 g/mol. The van der Waals surface area contributed by atoms with Gasteiger partial charge in [-0.05, 0) is 32.4 Å². The van der Waals surface area contributed by atoms with E-state index in [4.69, 9.17) is 5.11 Å². The van der Waals surface area contributed by atoms with Crippen LogP contribution < -0.4 is 0 Å². The number of carboxylic acids is 1. The summed E-state index contributed by atoms with van der Waals surface area (Å²) in [6.45, 7) is 6.22. The number of rotatable bonds is 4. The van der Waals surface area contributed by atoms with Crippen molar-refractivity contribution in [3.05, 3.63) is 0 Å². The van der Waals surface area contributed by atoms with E-state index in [0.717, 1.165) is 32.4 Å². The van der Waals surface area contributed by atoms with Gasteiger partial charge in [-0.2, -0.15) is 0 Å². The van der Waals surface area contributed by atoms with Crippen molar-refractivity contribution >= 4 is 5.97 Å². The van der Waals surface area contributed by atoms with E-state index < -0.39 is 5.97 Å². The van der Waals surface area contributed by atoms with Gasteiger partial charge in [0.05, 0.1) is 5.92 Å². The molecule has 3 nitrogen and oxygen atoms in total. The Kier molecular flexibility index (Phi) is 3.72. The standard InChI is InChI=1S/C10H19NO2/c1-3-6-11-7-5-8(10(12)13)9(11)4-2/h8-9H,3-7H2,1-2H3,(H,12,13). The zero-order valence-electron chi connectivity index (χ0n) is 8.49. The Morgan fingerprint density at radius 1 is 1.54 bits per heavy atom. The zero-order chi connectivity index (χ0) is 9.84. The topological polar surface area (TPSA) is 40.5 Å². The third-order valence-corrected chi connectivity index (χ3v) is 2.91. The number of hydrogen-bond acceptors (Lipinski definition) is 2. The minimum atomic E-state index is -0.620. The molecule has 13 heavy (non-hydrogen) atoms. The lowest BCUT2D eigenvalue weighted by atomic mass is 9.98. The Bertz CT molecular complexity index is 182. The Labute approximate surface area is 79.7 Å². The summed E-state index contributed by atoms with van der Waals surface area (Å²) >= 11 is 0. The largest absolute Gasteiger partial charge is 0.481 e. The Morgan fingerprint density at radius 2 is 2.23 bits per heavy atom. The summed E-state index contributed by atoms with van der Waals surface area (Å²) in [5.74, 6) is -0.748. The first-order valence-electron chi connectivity index (χ1n) is 5.17. The van der Waals surface area contributed by atoms with E-state index >= 15 is 0 Å². The molecule has 0 saturated carbocycles. The molecule has 0 aromatic carbocycles. The van der Waals surface area contributed by atoms with Gasteiger partial charge in [0.1, 0.15) is 0 Å². The van der Waals surface area contributed by atoms with Gasteiger partial charge in [-0.1, -0.05) is 13.8 Å². The van der Waals surface area contributed by atoms with Gasteiger partial charge in [-0.15, -0.1) is 0 Å². The lowest BCUT2D eigenvalue weighted by molar-refractivity contribution is -0.142. The molecule has 76 valence electrons.